The van der Waals surface area contributed by atoms with Gasteiger partial charge in [0.05, 0.1) is 0 Å². The number of nitrogens with one attached hydrogen (secondary N) is 1. The van der Waals surface area contributed by atoms with Crippen molar-refractivity contribution in [2.45, 2.75) is 49.4 Å². The van der Waals surface area contributed by atoms with Gasteiger partial charge in [-0.2, -0.15) is 0 Å². The summed E-state index contributed by atoms with van der Waals surface area (Å²) in [6.45, 7) is 4.15. The summed E-state index contributed by atoms with van der Waals surface area (Å²) in [5, 5.41) is 3.25. The Labute approximate surface area is 156 Å². The second-order valence-electron chi connectivity index (χ2n) is 7.28. The molecule has 3 rings (SSSR count). The maximum atomic E-state index is 12.9. The first-order valence-electron chi connectivity index (χ1n) is 9.22. The molecule has 0 radical (unpaired) electrons. The minimum absolute atomic E-state index is 0.255. The summed E-state index contributed by atoms with van der Waals surface area (Å²) in [6.07, 6.45) is 4.02. The van der Waals surface area contributed by atoms with Gasteiger partial charge in [-0.05, 0) is 0 Å². The molecule has 3 heteroatoms. The van der Waals surface area contributed by atoms with E-state index < -0.39 is 20.6 Å². The summed E-state index contributed by atoms with van der Waals surface area (Å²) in [7, 11) is 0. The van der Waals surface area contributed by atoms with Crippen molar-refractivity contribution in [1.82, 2.24) is 0 Å². The summed E-state index contributed by atoms with van der Waals surface area (Å²) < 4.78 is 4.77. The zero-order valence-corrected chi connectivity index (χ0v) is 18.6. The third-order valence-electron chi connectivity index (χ3n) is 5.15. The first-order chi connectivity index (χ1) is 12.1. The van der Waals surface area contributed by atoms with E-state index in [4.69, 9.17) is 0 Å². The van der Waals surface area contributed by atoms with E-state index in [0.717, 1.165) is 20.9 Å². The van der Waals surface area contributed by atoms with Gasteiger partial charge in [0.15, 0.2) is 0 Å². The number of amides is 1. The van der Waals surface area contributed by atoms with Crippen molar-refractivity contribution >= 4 is 32.2 Å². The summed E-state index contributed by atoms with van der Waals surface area (Å²) in [5.74, 6) is 0.255. The molecule has 0 unspecified atom stereocenters. The zero-order chi connectivity index (χ0) is 17.7. The summed E-state index contributed by atoms with van der Waals surface area (Å²) in [6, 6.07) is 17.0. The van der Waals surface area contributed by atoms with Crippen molar-refractivity contribution in [3.63, 3.8) is 0 Å². The molecule has 0 aliphatic carbocycles. The van der Waals surface area contributed by atoms with E-state index in [2.05, 4.69) is 67.7 Å². The summed E-state index contributed by atoms with van der Waals surface area (Å²) in [5.41, 5.74) is 4.77. The first kappa shape index (κ1) is 18.6. The molecular formula is C22H29NOPo. The fraction of sp³-hybridized carbons (Fsp3) is 0.409. The van der Waals surface area contributed by atoms with E-state index in [1.54, 1.807) is 0 Å². The van der Waals surface area contributed by atoms with E-state index in [-0.39, 0.29) is 5.91 Å². The Hall–Kier alpha value is -1.19. The Kier molecular flexibility index (Phi) is 6.29. The molecule has 1 saturated heterocycles. The van der Waals surface area contributed by atoms with Crippen molar-refractivity contribution < 1.29 is 4.79 Å². The summed E-state index contributed by atoms with van der Waals surface area (Å²) >= 11 is -2.44. The number of benzene rings is 2. The van der Waals surface area contributed by atoms with E-state index in [1.807, 2.05) is 0 Å². The molecule has 2 aromatic rings. The van der Waals surface area contributed by atoms with Gasteiger partial charge in [-0.25, -0.2) is 0 Å². The van der Waals surface area contributed by atoms with Crippen LogP contribution in [0.5, 0.6) is 0 Å². The molecule has 1 aliphatic rings. The van der Waals surface area contributed by atoms with E-state index >= 15 is 0 Å². The van der Waals surface area contributed by atoms with Gasteiger partial charge >= 0.3 is 157 Å². The van der Waals surface area contributed by atoms with Gasteiger partial charge in [0, 0.05) is 0 Å². The Balaban J connectivity index is 1.75. The minimum atomic E-state index is -2.44. The number of aryl methyl sites for hydroxylation is 2. The topological polar surface area (TPSA) is 29.1 Å². The number of hydrogen-bond donors (Lipinski definition) is 1. The van der Waals surface area contributed by atoms with Crippen molar-refractivity contribution in [2.75, 3.05) is 5.32 Å². The van der Waals surface area contributed by atoms with E-state index in [1.165, 1.54) is 37.1 Å². The predicted octanol–water partition coefficient (Wildman–Crippen LogP) is 5.66. The Bertz CT molecular complexity index is 700. The van der Waals surface area contributed by atoms with Crippen molar-refractivity contribution in [1.29, 1.82) is 0 Å². The molecule has 1 aliphatic heterocycles. The molecule has 0 atom stereocenters. The van der Waals surface area contributed by atoms with Gasteiger partial charge in [-0.3, -0.25) is 0 Å². The van der Waals surface area contributed by atoms with Gasteiger partial charge < -0.3 is 0 Å². The average molecular weight is 532 g/mol. The van der Waals surface area contributed by atoms with Gasteiger partial charge in [0.25, 0.3) is 0 Å². The maximum absolute atomic E-state index is 12.9. The number of anilines is 1. The number of rotatable bonds is 5. The van der Waals surface area contributed by atoms with Crippen molar-refractivity contribution in [3.05, 3.63) is 65.2 Å². The molecule has 1 heterocycles. The van der Waals surface area contributed by atoms with Crippen LogP contribution in [0, 0.1) is 13.8 Å². The van der Waals surface area contributed by atoms with Crippen LogP contribution in [0.4, 0.5) is 5.69 Å². The summed E-state index contributed by atoms with van der Waals surface area (Å²) in [4.78, 5) is 12.9. The third-order valence-corrected chi connectivity index (χ3v) is 21.2. The fourth-order valence-corrected chi connectivity index (χ4v) is 19.6. The molecule has 0 spiro atoms. The first-order valence-corrected chi connectivity index (χ1v) is 18.2. The predicted molar refractivity (Wildman–Crippen MR) is 109 cm³/mol. The molecule has 1 fully saturated rings. The molecule has 1 amide bonds. The monoisotopic (exact) mass is 532 g/mol. The Morgan fingerprint density at radius 2 is 1.56 bits per heavy atom. The van der Waals surface area contributed by atoms with Gasteiger partial charge in [-0.15, -0.1) is 0 Å². The second kappa shape index (κ2) is 8.46. The fourth-order valence-electron chi connectivity index (χ4n) is 3.83. The number of para-hydroxylation sites is 1. The molecule has 25 heavy (non-hydrogen) atoms. The SMILES string of the molecule is Cc1cccc(C)c1NC(=O)[CH2][Po]1([CH2]c2ccccc2)[CH2]CCC[CH2]1. The standard InChI is InChI=1S/C10H12NO.C7H7.C5H10.Po/c1-7-5-4-6-8(2)10(7)11-9(3)12;1-7-5-3-2-4-6-7;1-3-5-4-2;/h4-6H,3H2,1-2H3,(H,11,12);2-6H,1H2;1-5H2;. The normalized spacial score (nSPS) is 17.7. The van der Waals surface area contributed by atoms with Gasteiger partial charge in [0.1, 0.15) is 0 Å². The molecular weight excluding hydrogens is 503 g/mol. The van der Waals surface area contributed by atoms with Crippen LogP contribution in [-0.4, -0.2) is 26.5 Å². The second-order valence-corrected chi connectivity index (χ2v) is 22.2. The third kappa shape index (κ3) is 4.92. The van der Waals surface area contributed by atoms with Crippen LogP contribution < -0.4 is 5.32 Å². The average Bonchev–Trinajstić information content (AvgIpc) is 2.60. The molecule has 0 saturated carbocycles. The van der Waals surface area contributed by atoms with Crippen LogP contribution in [0.25, 0.3) is 0 Å². The number of carbonyl (C=O) groups excluding carboxylic acids is 1. The van der Waals surface area contributed by atoms with Crippen molar-refractivity contribution in [2.24, 2.45) is 0 Å². The van der Waals surface area contributed by atoms with Crippen LogP contribution in [0.1, 0.15) is 36.0 Å². The quantitative estimate of drug-likeness (QED) is 0.530. The van der Waals surface area contributed by atoms with Crippen LogP contribution in [0.3, 0.4) is 0 Å². The number of hydrogen-bond acceptors (Lipinski definition) is 1. The Morgan fingerprint density at radius 3 is 2.20 bits per heavy atom. The molecule has 2 nitrogen and oxygen atoms in total. The van der Waals surface area contributed by atoms with Gasteiger partial charge in [0.2, 0.25) is 0 Å². The van der Waals surface area contributed by atoms with Gasteiger partial charge in [-0.1, -0.05) is 0 Å². The molecule has 1 N–H and O–H groups in total. The number of carbonyl (C=O) groups is 1. The van der Waals surface area contributed by atoms with Crippen LogP contribution in [-0.2, 0) is 8.87 Å². The molecule has 0 aromatic heterocycles. The van der Waals surface area contributed by atoms with Crippen LogP contribution in [0.15, 0.2) is 48.5 Å². The molecule has 0 bridgehead atoms. The zero-order valence-electron chi connectivity index (χ0n) is 15.4. The van der Waals surface area contributed by atoms with E-state index in [9.17, 15) is 4.79 Å². The Morgan fingerprint density at radius 1 is 0.920 bits per heavy atom. The van der Waals surface area contributed by atoms with E-state index in [0.29, 0.717) is 0 Å². The van der Waals surface area contributed by atoms with Crippen LogP contribution >= 0.6 is 0 Å². The molecule has 2 aromatic carbocycles. The van der Waals surface area contributed by atoms with Crippen LogP contribution in [0.2, 0.25) is 12.2 Å². The van der Waals surface area contributed by atoms with Crippen molar-refractivity contribution in [3.8, 4) is 0 Å². The molecule has 134 valence electrons.